The molecule has 2 aromatic rings. The van der Waals surface area contributed by atoms with Crippen molar-refractivity contribution in [2.24, 2.45) is 5.92 Å². The Hall–Kier alpha value is -3.60. The minimum absolute atomic E-state index is 0.0490. The predicted octanol–water partition coefficient (Wildman–Crippen LogP) is 1.28. The van der Waals surface area contributed by atoms with Crippen LogP contribution < -0.4 is 10.9 Å². The number of ether oxygens (including phenoxy) is 1. The number of hydrogen-bond acceptors (Lipinski definition) is 7. The average molecular weight is 513 g/mol. The number of nitrogens with zero attached hydrogens (tertiary/aromatic N) is 3. The van der Waals surface area contributed by atoms with Gasteiger partial charge in [-0.15, -0.1) is 0 Å². The Labute approximate surface area is 212 Å². The zero-order valence-electron chi connectivity index (χ0n) is 20.4. The van der Waals surface area contributed by atoms with Crippen LogP contribution in [0.5, 0.6) is 5.75 Å². The first-order chi connectivity index (χ1) is 17.8. The van der Waals surface area contributed by atoms with Crippen LogP contribution in [0.1, 0.15) is 54.0 Å². The van der Waals surface area contributed by atoms with Crippen LogP contribution >= 0.6 is 0 Å². The van der Waals surface area contributed by atoms with Crippen molar-refractivity contribution in [1.82, 2.24) is 19.8 Å². The molecule has 37 heavy (non-hydrogen) atoms. The summed E-state index contributed by atoms with van der Waals surface area (Å²) in [5, 5.41) is 13.5. The number of morpholine rings is 1. The van der Waals surface area contributed by atoms with Crippen molar-refractivity contribution >= 4 is 17.6 Å². The molecule has 4 aliphatic rings. The van der Waals surface area contributed by atoms with Crippen LogP contribution in [0.2, 0.25) is 0 Å². The number of aromatic hydroxyl groups is 1. The molecule has 6 rings (SSSR count). The standard InChI is InChI=1S/C26H29FN4O6/c27-18-4-1-16(2-5-18)3-6-19(32)20-21(33)23(35)31-15-17-7-9-26(10-8-17,25(31)28-20)29-22(34)24(36)30-11-13-37-14-12-30/h1-2,4-5,17,33H,3,6-15H2,(H,29,34). The number of hydrogen-bond donors (Lipinski definition) is 2. The first-order valence-corrected chi connectivity index (χ1v) is 12.6. The molecule has 1 saturated heterocycles. The number of benzene rings is 1. The number of aryl methyl sites for hydroxylation is 1. The number of rotatable bonds is 5. The number of ketones is 1. The summed E-state index contributed by atoms with van der Waals surface area (Å²) in [5.74, 6) is -2.76. The van der Waals surface area contributed by atoms with Crippen LogP contribution in [0.25, 0.3) is 0 Å². The summed E-state index contributed by atoms with van der Waals surface area (Å²) in [5.41, 5.74) is -1.46. The normalized spacial score (nSPS) is 22.7. The van der Waals surface area contributed by atoms with E-state index in [4.69, 9.17) is 4.74 Å². The van der Waals surface area contributed by atoms with Gasteiger partial charge in [0.15, 0.2) is 11.5 Å². The van der Waals surface area contributed by atoms with Gasteiger partial charge in [0, 0.05) is 26.1 Å². The van der Waals surface area contributed by atoms with E-state index in [9.17, 15) is 28.7 Å². The molecule has 2 amide bonds. The first kappa shape index (κ1) is 25.1. The predicted molar refractivity (Wildman–Crippen MR) is 128 cm³/mol. The molecule has 0 radical (unpaired) electrons. The Balaban J connectivity index is 1.45. The molecule has 10 nitrogen and oxygen atoms in total. The highest BCUT2D eigenvalue weighted by Crippen LogP contribution is 2.43. The SMILES string of the molecule is O=C(NC12CCC(CC1)Cn1c2nc(C(=O)CCc2ccc(F)cc2)c(O)c1=O)C(=O)N1CCOCC1. The molecule has 2 fully saturated rings. The fourth-order valence-electron chi connectivity index (χ4n) is 5.50. The summed E-state index contributed by atoms with van der Waals surface area (Å²) >= 11 is 0. The quantitative estimate of drug-likeness (QED) is 0.456. The minimum atomic E-state index is -1.11. The third kappa shape index (κ3) is 4.87. The topological polar surface area (TPSA) is 131 Å². The molecule has 2 N–H and O–H groups in total. The maximum absolute atomic E-state index is 13.2. The van der Waals surface area contributed by atoms with Gasteiger partial charge in [0.25, 0.3) is 5.56 Å². The number of amides is 2. The van der Waals surface area contributed by atoms with Crippen molar-refractivity contribution in [3.8, 4) is 5.75 Å². The van der Waals surface area contributed by atoms with Crippen LogP contribution in [-0.2, 0) is 32.8 Å². The third-order valence-electron chi connectivity index (χ3n) is 7.64. The number of carbonyl (C=O) groups excluding carboxylic acids is 3. The van der Waals surface area contributed by atoms with Crippen molar-refractivity contribution in [2.45, 2.75) is 50.6 Å². The van der Waals surface area contributed by atoms with E-state index in [1.165, 1.54) is 21.6 Å². The van der Waals surface area contributed by atoms with Gasteiger partial charge in [-0.25, -0.2) is 9.37 Å². The fourth-order valence-corrected chi connectivity index (χ4v) is 5.50. The molecule has 2 bridgehead atoms. The van der Waals surface area contributed by atoms with Gasteiger partial charge in [-0.1, -0.05) is 12.1 Å². The molecule has 1 aromatic carbocycles. The van der Waals surface area contributed by atoms with Crippen molar-refractivity contribution < 1.29 is 28.6 Å². The summed E-state index contributed by atoms with van der Waals surface area (Å²) in [7, 11) is 0. The number of aromatic nitrogens is 2. The molecule has 1 aromatic heterocycles. The van der Waals surface area contributed by atoms with E-state index in [-0.39, 0.29) is 36.1 Å². The third-order valence-corrected chi connectivity index (χ3v) is 7.64. The average Bonchev–Trinajstić information content (AvgIpc) is 3.16. The number of halogens is 1. The smallest absolute Gasteiger partial charge is 0.312 e. The van der Waals surface area contributed by atoms with E-state index in [2.05, 4.69) is 10.3 Å². The Morgan fingerprint density at radius 1 is 1.14 bits per heavy atom. The Bertz CT molecular complexity index is 1280. The van der Waals surface area contributed by atoms with E-state index in [0.29, 0.717) is 58.5 Å². The Morgan fingerprint density at radius 3 is 2.49 bits per heavy atom. The first-order valence-electron chi connectivity index (χ1n) is 12.6. The van der Waals surface area contributed by atoms with E-state index < -0.39 is 34.4 Å². The van der Waals surface area contributed by atoms with Gasteiger partial charge in [0.1, 0.15) is 11.6 Å². The van der Waals surface area contributed by atoms with Gasteiger partial charge < -0.3 is 20.1 Å². The molecular formula is C26H29FN4O6. The zero-order valence-corrected chi connectivity index (χ0v) is 20.4. The molecule has 196 valence electrons. The van der Waals surface area contributed by atoms with Gasteiger partial charge in [-0.05, 0) is 55.7 Å². The van der Waals surface area contributed by atoms with Crippen LogP contribution in [-0.4, -0.2) is 63.5 Å². The Morgan fingerprint density at radius 2 is 1.81 bits per heavy atom. The summed E-state index contributed by atoms with van der Waals surface area (Å²) in [4.78, 5) is 58.1. The number of fused-ring (bicyclic) bond motifs is 2. The van der Waals surface area contributed by atoms with Gasteiger partial charge in [-0.3, -0.25) is 23.7 Å². The molecule has 11 heteroatoms. The molecule has 0 atom stereocenters. The second-order valence-corrected chi connectivity index (χ2v) is 9.98. The summed E-state index contributed by atoms with van der Waals surface area (Å²) in [6.07, 6.45) is 2.54. The molecule has 4 heterocycles. The largest absolute Gasteiger partial charge is 0.501 e. The molecule has 0 spiro atoms. The highest BCUT2D eigenvalue weighted by Gasteiger charge is 2.47. The van der Waals surface area contributed by atoms with Gasteiger partial charge >= 0.3 is 11.8 Å². The minimum Gasteiger partial charge on any atom is -0.501 e. The second-order valence-electron chi connectivity index (χ2n) is 9.98. The lowest BCUT2D eigenvalue weighted by Gasteiger charge is -2.37. The highest BCUT2D eigenvalue weighted by atomic mass is 19.1. The second kappa shape index (κ2) is 10.0. The van der Waals surface area contributed by atoms with Crippen molar-refractivity contribution in [3.63, 3.8) is 0 Å². The lowest BCUT2D eigenvalue weighted by molar-refractivity contribution is -0.149. The van der Waals surface area contributed by atoms with Crippen LogP contribution in [0.15, 0.2) is 29.1 Å². The number of carbonyl (C=O) groups is 3. The summed E-state index contributed by atoms with van der Waals surface area (Å²) in [6, 6.07) is 5.73. The lowest BCUT2D eigenvalue weighted by atomic mass is 9.77. The zero-order chi connectivity index (χ0) is 26.2. The number of Topliss-reactive ketones (excluding diaryl/α,β-unsaturated/α-hetero) is 1. The van der Waals surface area contributed by atoms with Crippen LogP contribution in [0.4, 0.5) is 4.39 Å². The molecule has 0 unspecified atom stereocenters. The molecular weight excluding hydrogens is 483 g/mol. The van der Waals surface area contributed by atoms with Crippen LogP contribution in [0, 0.1) is 11.7 Å². The maximum Gasteiger partial charge on any atom is 0.312 e. The maximum atomic E-state index is 13.2. The summed E-state index contributed by atoms with van der Waals surface area (Å²) in [6.45, 7) is 1.66. The fraction of sp³-hybridized carbons (Fsp3) is 0.500. The van der Waals surface area contributed by atoms with E-state index in [0.717, 1.165) is 5.56 Å². The monoisotopic (exact) mass is 512 g/mol. The van der Waals surface area contributed by atoms with Gasteiger partial charge in [0.05, 0.1) is 18.8 Å². The Kier molecular flexibility index (Phi) is 6.80. The van der Waals surface area contributed by atoms with Crippen molar-refractivity contribution in [1.29, 1.82) is 0 Å². The lowest BCUT2D eigenvalue weighted by Crippen LogP contribution is -2.55. The van der Waals surface area contributed by atoms with Gasteiger partial charge in [0.2, 0.25) is 5.75 Å². The number of nitrogens with one attached hydrogen (secondary N) is 1. The van der Waals surface area contributed by atoms with Gasteiger partial charge in [-0.2, -0.15) is 0 Å². The van der Waals surface area contributed by atoms with Crippen molar-refractivity contribution in [2.75, 3.05) is 26.3 Å². The van der Waals surface area contributed by atoms with E-state index in [1.807, 2.05) is 0 Å². The summed E-state index contributed by atoms with van der Waals surface area (Å²) < 4.78 is 19.8. The molecule has 3 aliphatic heterocycles. The van der Waals surface area contributed by atoms with E-state index in [1.54, 1.807) is 12.1 Å². The van der Waals surface area contributed by atoms with Crippen LogP contribution in [0.3, 0.4) is 0 Å². The molecule has 1 aliphatic carbocycles. The van der Waals surface area contributed by atoms with Crippen molar-refractivity contribution in [3.05, 3.63) is 57.5 Å². The molecule has 1 saturated carbocycles. The highest BCUT2D eigenvalue weighted by molar-refractivity contribution is 6.35. The van der Waals surface area contributed by atoms with E-state index >= 15 is 0 Å².